The molecule has 0 atom stereocenters. The van der Waals surface area contributed by atoms with Crippen molar-refractivity contribution in [2.45, 2.75) is 6.42 Å². The first-order valence-corrected chi connectivity index (χ1v) is 4.26. The first kappa shape index (κ1) is 8.77. The fourth-order valence-corrected chi connectivity index (χ4v) is 1.33. The Hall–Kier alpha value is -1.81. The summed E-state index contributed by atoms with van der Waals surface area (Å²) in [5.74, 6) is 5.33. The fourth-order valence-electron chi connectivity index (χ4n) is 1.33. The van der Waals surface area contributed by atoms with Gasteiger partial charge in [0.15, 0.2) is 0 Å². The van der Waals surface area contributed by atoms with E-state index in [1.165, 1.54) is 0 Å². The number of para-hydroxylation sites is 1. The van der Waals surface area contributed by atoms with Crippen molar-refractivity contribution >= 4 is 16.9 Å². The van der Waals surface area contributed by atoms with Crippen molar-refractivity contribution in [1.82, 2.24) is 5.43 Å². The molecule has 2 aromatic rings. The maximum atomic E-state index is 11.0. The van der Waals surface area contributed by atoms with Gasteiger partial charge in [-0.05, 0) is 12.1 Å². The van der Waals surface area contributed by atoms with E-state index in [9.17, 15) is 4.79 Å². The third-order valence-electron chi connectivity index (χ3n) is 1.97. The van der Waals surface area contributed by atoms with Gasteiger partial charge in [-0.15, -0.1) is 0 Å². The minimum atomic E-state index is -0.260. The number of nitrogens with one attached hydrogen (secondary N) is 1. The van der Waals surface area contributed by atoms with E-state index in [0.717, 1.165) is 11.0 Å². The number of hydrogen-bond acceptors (Lipinski definition) is 3. The molecule has 3 N–H and O–H groups in total. The van der Waals surface area contributed by atoms with E-state index in [-0.39, 0.29) is 12.3 Å². The van der Waals surface area contributed by atoms with Crippen LogP contribution in [0.1, 0.15) is 5.76 Å². The van der Waals surface area contributed by atoms with Gasteiger partial charge in [-0.25, -0.2) is 5.84 Å². The smallest absolute Gasteiger partial charge is 0.241 e. The molecule has 4 heteroatoms. The van der Waals surface area contributed by atoms with E-state index in [4.69, 9.17) is 10.3 Å². The molecule has 0 spiro atoms. The first-order valence-electron chi connectivity index (χ1n) is 4.26. The Balaban J connectivity index is 2.31. The van der Waals surface area contributed by atoms with Crippen molar-refractivity contribution in [2.75, 3.05) is 0 Å². The van der Waals surface area contributed by atoms with E-state index in [1.54, 1.807) is 0 Å². The molecule has 0 radical (unpaired) electrons. The molecule has 0 saturated carbocycles. The number of carbonyl (C=O) groups excluding carboxylic acids is 1. The third kappa shape index (κ3) is 1.60. The Morgan fingerprint density at radius 1 is 1.43 bits per heavy atom. The van der Waals surface area contributed by atoms with Crippen LogP contribution in [0.25, 0.3) is 11.0 Å². The summed E-state index contributed by atoms with van der Waals surface area (Å²) in [6, 6.07) is 9.44. The zero-order chi connectivity index (χ0) is 9.97. The van der Waals surface area contributed by atoms with Gasteiger partial charge in [0.05, 0.1) is 6.42 Å². The maximum absolute atomic E-state index is 11.0. The van der Waals surface area contributed by atoms with Crippen molar-refractivity contribution in [2.24, 2.45) is 5.84 Å². The molecule has 0 aliphatic heterocycles. The minimum absolute atomic E-state index is 0.172. The number of carbonyl (C=O) groups is 1. The lowest BCUT2D eigenvalue weighted by molar-refractivity contribution is -0.120. The second-order valence-electron chi connectivity index (χ2n) is 2.99. The van der Waals surface area contributed by atoms with Crippen LogP contribution >= 0.6 is 0 Å². The highest BCUT2D eigenvalue weighted by Crippen LogP contribution is 2.18. The van der Waals surface area contributed by atoms with Crippen molar-refractivity contribution in [3.05, 3.63) is 36.1 Å². The molecule has 0 bridgehead atoms. The minimum Gasteiger partial charge on any atom is -0.461 e. The average molecular weight is 190 g/mol. The number of hydrazine groups is 1. The molecule has 4 nitrogen and oxygen atoms in total. The summed E-state index contributed by atoms with van der Waals surface area (Å²) in [4.78, 5) is 11.0. The lowest BCUT2D eigenvalue weighted by Gasteiger charge is -1.93. The molecule has 0 aliphatic rings. The average Bonchev–Trinajstić information content (AvgIpc) is 2.59. The summed E-state index contributed by atoms with van der Waals surface area (Å²) >= 11 is 0. The van der Waals surface area contributed by atoms with Crippen molar-refractivity contribution in [1.29, 1.82) is 0 Å². The summed E-state index contributed by atoms with van der Waals surface area (Å²) in [5.41, 5.74) is 2.84. The van der Waals surface area contributed by atoms with Gasteiger partial charge in [0.25, 0.3) is 0 Å². The van der Waals surface area contributed by atoms with Crippen LogP contribution in [-0.2, 0) is 11.2 Å². The van der Waals surface area contributed by atoms with Gasteiger partial charge in [-0.3, -0.25) is 10.2 Å². The molecule has 1 heterocycles. The maximum Gasteiger partial charge on any atom is 0.241 e. The Morgan fingerprint density at radius 2 is 2.21 bits per heavy atom. The molecular weight excluding hydrogens is 180 g/mol. The summed E-state index contributed by atoms with van der Waals surface area (Å²) in [6.07, 6.45) is 0.172. The largest absolute Gasteiger partial charge is 0.461 e. The van der Waals surface area contributed by atoms with Crippen molar-refractivity contribution < 1.29 is 9.21 Å². The van der Waals surface area contributed by atoms with Gasteiger partial charge >= 0.3 is 0 Å². The van der Waals surface area contributed by atoms with E-state index in [1.807, 2.05) is 30.3 Å². The molecule has 14 heavy (non-hydrogen) atoms. The Morgan fingerprint density at radius 3 is 2.93 bits per heavy atom. The molecule has 1 amide bonds. The van der Waals surface area contributed by atoms with Gasteiger partial charge in [-0.1, -0.05) is 18.2 Å². The third-order valence-corrected chi connectivity index (χ3v) is 1.97. The van der Waals surface area contributed by atoms with Crippen LogP contribution in [0, 0.1) is 0 Å². The monoisotopic (exact) mass is 190 g/mol. The zero-order valence-electron chi connectivity index (χ0n) is 7.49. The van der Waals surface area contributed by atoms with Crippen LogP contribution < -0.4 is 11.3 Å². The van der Waals surface area contributed by atoms with E-state index < -0.39 is 0 Å². The molecule has 0 unspecified atom stereocenters. The second-order valence-corrected chi connectivity index (χ2v) is 2.99. The Kier molecular flexibility index (Phi) is 2.20. The lowest BCUT2D eigenvalue weighted by atomic mass is 10.2. The molecule has 0 fully saturated rings. The molecule has 1 aromatic carbocycles. The summed E-state index contributed by atoms with van der Waals surface area (Å²) in [6.45, 7) is 0. The molecule has 0 saturated heterocycles. The number of furan rings is 1. The quantitative estimate of drug-likeness (QED) is 0.421. The van der Waals surface area contributed by atoms with Gasteiger partial charge in [0.2, 0.25) is 5.91 Å². The molecular formula is C10H10N2O2. The van der Waals surface area contributed by atoms with E-state index in [0.29, 0.717) is 5.76 Å². The van der Waals surface area contributed by atoms with Crippen molar-refractivity contribution in [3.8, 4) is 0 Å². The van der Waals surface area contributed by atoms with Crippen LogP contribution in [0.2, 0.25) is 0 Å². The number of rotatable bonds is 2. The standard InChI is InChI=1S/C10H10N2O2/c11-12-10(13)6-8-5-7-3-1-2-4-9(7)14-8/h1-5H,6,11H2,(H,12,13). The van der Waals surface area contributed by atoms with Crippen LogP contribution in [-0.4, -0.2) is 5.91 Å². The fraction of sp³-hybridized carbons (Fsp3) is 0.100. The van der Waals surface area contributed by atoms with Crippen LogP contribution in [0.5, 0.6) is 0 Å². The van der Waals surface area contributed by atoms with Crippen LogP contribution in [0.15, 0.2) is 34.7 Å². The van der Waals surface area contributed by atoms with Crippen LogP contribution in [0.4, 0.5) is 0 Å². The number of fused-ring (bicyclic) bond motifs is 1. The number of amides is 1. The predicted molar refractivity (Wildman–Crippen MR) is 52.2 cm³/mol. The number of hydrogen-bond donors (Lipinski definition) is 2. The Bertz CT molecular complexity index is 429. The zero-order valence-corrected chi connectivity index (χ0v) is 7.49. The topological polar surface area (TPSA) is 68.3 Å². The van der Waals surface area contributed by atoms with Crippen LogP contribution in [0.3, 0.4) is 0 Å². The lowest BCUT2D eigenvalue weighted by Crippen LogP contribution is -2.31. The van der Waals surface area contributed by atoms with Gasteiger partial charge < -0.3 is 4.42 Å². The Labute approximate surface area is 80.7 Å². The summed E-state index contributed by atoms with van der Waals surface area (Å²) in [5, 5.41) is 0.993. The second kappa shape index (κ2) is 3.51. The number of benzene rings is 1. The highest BCUT2D eigenvalue weighted by Gasteiger charge is 2.06. The highest BCUT2D eigenvalue weighted by atomic mass is 16.3. The molecule has 72 valence electrons. The summed E-state index contributed by atoms with van der Waals surface area (Å²) < 4.78 is 5.42. The SMILES string of the molecule is NNC(=O)Cc1cc2ccccc2o1. The van der Waals surface area contributed by atoms with Gasteiger partial charge in [0, 0.05) is 5.39 Å². The molecule has 1 aromatic heterocycles. The molecule has 0 aliphatic carbocycles. The van der Waals surface area contributed by atoms with Crippen molar-refractivity contribution in [3.63, 3.8) is 0 Å². The van der Waals surface area contributed by atoms with E-state index in [2.05, 4.69) is 5.43 Å². The molecule has 2 rings (SSSR count). The highest BCUT2D eigenvalue weighted by molar-refractivity contribution is 5.81. The van der Waals surface area contributed by atoms with Gasteiger partial charge in [-0.2, -0.15) is 0 Å². The first-order chi connectivity index (χ1) is 6.79. The number of nitrogens with two attached hydrogens (primary N) is 1. The van der Waals surface area contributed by atoms with E-state index >= 15 is 0 Å². The van der Waals surface area contributed by atoms with Gasteiger partial charge in [0.1, 0.15) is 11.3 Å². The summed E-state index contributed by atoms with van der Waals surface area (Å²) in [7, 11) is 0. The predicted octanol–water partition coefficient (Wildman–Crippen LogP) is 0.965. The normalized spacial score (nSPS) is 10.4.